The summed E-state index contributed by atoms with van der Waals surface area (Å²) in [5.74, 6) is -3.14. The number of nitrogens with one attached hydrogen (secondary N) is 2. The van der Waals surface area contributed by atoms with Crippen molar-refractivity contribution >= 4 is 11.8 Å². The second-order valence-corrected chi connectivity index (χ2v) is 5.19. The zero-order chi connectivity index (χ0) is 14.8. The summed E-state index contributed by atoms with van der Waals surface area (Å²) < 4.78 is 28.8. The smallest absolute Gasteiger partial charge is 0.320 e. The molecule has 0 radical (unpaired) electrons. The first-order valence-electron chi connectivity index (χ1n) is 6.69. The highest BCUT2D eigenvalue weighted by atomic mass is 19.3. The number of nitrogens with zero attached hydrogens (tertiary/aromatic N) is 3. The number of carbonyl (C=O) groups excluding carboxylic acids is 1. The number of hydrogen-bond donors (Lipinski definition) is 2. The lowest BCUT2D eigenvalue weighted by atomic mass is 9.85. The van der Waals surface area contributed by atoms with E-state index in [1.807, 2.05) is 0 Å². The molecule has 0 aromatic carbocycles. The van der Waals surface area contributed by atoms with Gasteiger partial charge in [0.1, 0.15) is 0 Å². The summed E-state index contributed by atoms with van der Waals surface area (Å²) >= 11 is 0. The molecule has 2 rings (SSSR count). The minimum atomic E-state index is -2.69. The average molecular weight is 287 g/mol. The number of hydrogen-bond acceptors (Lipinski definition) is 3. The maximum Gasteiger partial charge on any atom is 0.320 e. The third kappa shape index (κ3) is 3.23. The summed E-state index contributed by atoms with van der Waals surface area (Å²) in [6.45, 7) is 1.73. The lowest BCUT2D eigenvalue weighted by Crippen LogP contribution is -2.42. The van der Waals surface area contributed by atoms with Crippen LogP contribution in [0.5, 0.6) is 0 Å². The molecular formula is C12H19F2N5O. The summed E-state index contributed by atoms with van der Waals surface area (Å²) in [5, 5.41) is 12.5. The summed E-state index contributed by atoms with van der Waals surface area (Å²) in [4.78, 5) is 11.7. The molecule has 1 unspecified atom stereocenters. The van der Waals surface area contributed by atoms with E-state index in [0.29, 0.717) is 24.4 Å². The van der Waals surface area contributed by atoms with Crippen molar-refractivity contribution in [3.05, 3.63) is 5.69 Å². The SMILES string of the molecule is Cc1c(NC(=O)NCC2CCCCC2(F)F)nnn1C. The minimum Gasteiger partial charge on any atom is -0.337 e. The van der Waals surface area contributed by atoms with Crippen LogP contribution in [-0.4, -0.2) is 33.5 Å². The van der Waals surface area contributed by atoms with E-state index in [2.05, 4.69) is 20.9 Å². The van der Waals surface area contributed by atoms with Crippen LogP contribution in [0.2, 0.25) is 0 Å². The van der Waals surface area contributed by atoms with Gasteiger partial charge in [0.05, 0.1) is 5.69 Å². The van der Waals surface area contributed by atoms with Crippen LogP contribution in [0.25, 0.3) is 0 Å². The van der Waals surface area contributed by atoms with Gasteiger partial charge in [-0.15, -0.1) is 5.10 Å². The number of aryl methyl sites for hydroxylation is 1. The van der Waals surface area contributed by atoms with E-state index in [9.17, 15) is 13.6 Å². The topological polar surface area (TPSA) is 71.8 Å². The first-order chi connectivity index (χ1) is 9.40. The summed E-state index contributed by atoms with van der Waals surface area (Å²) in [5.41, 5.74) is 0.697. The molecule has 1 heterocycles. The third-order valence-corrected chi connectivity index (χ3v) is 3.76. The molecule has 0 aliphatic heterocycles. The number of aromatic nitrogens is 3. The van der Waals surface area contributed by atoms with Crippen LogP contribution in [0.15, 0.2) is 0 Å². The fraction of sp³-hybridized carbons (Fsp3) is 0.750. The zero-order valence-electron chi connectivity index (χ0n) is 11.6. The molecule has 1 aromatic heterocycles. The Balaban J connectivity index is 1.84. The number of halogens is 2. The van der Waals surface area contributed by atoms with E-state index in [0.717, 1.165) is 6.42 Å². The molecule has 0 spiro atoms. The Labute approximate surface area is 115 Å². The molecule has 0 bridgehead atoms. The molecule has 0 saturated heterocycles. The maximum absolute atomic E-state index is 13.6. The van der Waals surface area contributed by atoms with E-state index >= 15 is 0 Å². The van der Waals surface area contributed by atoms with Crippen LogP contribution >= 0.6 is 0 Å². The van der Waals surface area contributed by atoms with Crippen LogP contribution in [0.4, 0.5) is 19.4 Å². The van der Waals surface area contributed by atoms with Crippen LogP contribution in [0, 0.1) is 12.8 Å². The largest absolute Gasteiger partial charge is 0.337 e. The van der Waals surface area contributed by atoms with Gasteiger partial charge in [-0.25, -0.2) is 13.6 Å². The zero-order valence-corrected chi connectivity index (χ0v) is 11.6. The molecule has 6 nitrogen and oxygen atoms in total. The van der Waals surface area contributed by atoms with E-state index in [4.69, 9.17) is 0 Å². The van der Waals surface area contributed by atoms with Crippen molar-refractivity contribution in [3.63, 3.8) is 0 Å². The molecule has 1 aromatic rings. The number of rotatable bonds is 3. The Bertz CT molecular complexity index is 488. The Morgan fingerprint density at radius 2 is 2.25 bits per heavy atom. The lowest BCUT2D eigenvalue weighted by molar-refractivity contribution is -0.0832. The van der Waals surface area contributed by atoms with Gasteiger partial charge in [0, 0.05) is 25.9 Å². The predicted molar refractivity (Wildman–Crippen MR) is 69.7 cm³/mol. The fourth-order valence-electron chi connectivity index (χ4n) is 2.31. The van der Waals surface area contributed by atoms with E-state index in [-0.39, 0.29) is 13.0 Å². The first-order valence-corrected chi connectivity index (χ1v) is 6.69. The molecule has 1 fully saturated rings. The summed E-state index contributed by atoms with van der Waals surface area (Å²) in [7, 11) is 1.70. The van der Waals surface area contributed by atoms with Crippen molar-refractivity contribution in [1.29, 1.82) is 0 Å². The lowest BCUT2D eigenvalue weighted by Gasteiger charge is -2.31. The number of anilines is 1. The van der Waals surface area contributed by atoms with Crippen LogP contribution in [-0.2, 0) is 7.05 Å². The van der Waals surface area contributed by atoms with Gasteiger partial charge in [-0.05, 0) is 19.8 Å². The highest BCUT2D eigenvalue weighted by Gasteiger charge is 2.41. The number of amides is 2. The van der Waals surface area contributed by atoms with Gasteiger partial charge in [-0.2, -0.15) is 0 Å². The Hall–Kier alpha value is -1.73. The molecule has 1 aliphatic carbocycles. The minimum absolute atomic E-state index is 0.0296. The molecule has 1 atom stereocenters. The summed E-state index contributed by atoms with van der Waals surface area (Å²) in [6.07, 6.45) is 1.68. The molecule has 8 heteroatoms. The normalized spacial score (nSPS) is 21.5. The van der Waals surface area contributed by atoms with Crippen LogP contribution in [0.1, 0.15) is 31.4 Å². The average Bonchev–Trinajstić information content (AvgIpc) is 2.69. The fourth-order valence-corrected chi connectivity index (χ4v) is 2.31. The molecule has 1 saturated carbocycles. The Morgan fingerprint density at radius 3 is 2.85 bits per heavy atom. The molecule has 20 heavy (non-hydrogen) atoms. The van der Waals surface area contributed by atoms with Gasteiger partial charge in [0.2, 0.25) is 0 Å². The number of urea groups is 1. The van der Waals surface area contributed by atoms with Crippen molar-refractivity contribution in [1.82, 2.24) is 20.3 Å². The number of carbonyl (C=O) groups is 1. The van der Waals surface area contributed by atoms with E-state index in [1.54, 1.807) is 14.0 Å². The van der Waals surface area contributed by atoms with Gasteiger partial charge in [-0.1, -0.05) is 11.6 Å². The first kappa shape index (κ1) is 14.7. The van der Waals surface area contributed by atoms with Crippen molar-refractivity contribution in [3.8, 4) is 0 Å². The highest BCUT2D eigenvalue weighted by Crippen LogP contribution is 2.37. The Kier molecular flexibility index (Phi) is 4.20. The van der Waals surface area contributed by atoms with Gasteiger partial charge in [0.25, 0.3) is 5.92 Å². The summed E-state index contributed by atoms with van der Waals surface area (Å²) in [6, 6.07) is -0.532. The molecule has 112 valence electrons. The number of alkyl halides is 2. The van der Waals surface area contributed by atoms with Gasteiger partial charge in [0.15, 0.2) is 5.82 Å². The third-order valence-electron chi connectivity index (χ3n) is 3.76. The maximum atomic E-state index is 13.6. The monoisotopic (exact) mass is 287 g/mol. The van der Waals surface area contributed by atoms with E-state index < -0.39 is 17.9 Å². The predicted octanol–water partition coefficient (Wildman–Crippen LogP) is 2.07. The molecule has 2 amide bonds. The van der Waals surface area contributed by atoms with Gasteiger partial charge in [-0.3, -0.25) is 10.00 Å². The van der Waals surface area contributed by atoms with Crippen LogP contribution in [0.3, 0.4) is 0 Å². The standard InChI is InChI=1S/C12H19F2N5O/c1-8-10(17-18-19(8)2)16-11(20)15-7-9-5-3-4-6-12(9,13)14/h9H,3-7H2,1-2H3,(H2,15,16,20). The molecule has 1 aliphatic rings. The second kappa shape index (κ2) is 5.72. The van der Waals surface area contributed by atoms with Gasteiger partial charge >= 0.3 is 6.03 Å². The second-order valence-electron chi connectivity index (χ2n) is 5.19. The van der Waals surface area contributed by atoms with Crippen LogP contribution < -0.4 is 10.6 Å². The van der Waals surface area contributed by atoms with Crippen molar-refractivity contribution in [2.24, 2.45) is 13.0 Å². The Morgan fingerprint density at radius 1 is 1.50 bits per heavy atom. The molecular weight excluding hydrogens is 268 g/mol. The van der Waals surface area contributed by atoms with E-state index in [1.165, 1.54) is 4.68 Å². The van der Waals surface area contributed by atoms with Crippen molar-refractivity contribution in [2.75, 3.05) is 11.9 Å². The molecule has 2 N–H and O–H groups in total. The highest BCUT2D eigenvalue weighted by molar-refractivity contribution is 5.88. The van der Waals surface area contributed by atoms with Crippen molar-refractivity contribution < 1.29 is 13.6 Å². The van der Waals surface area contributed by atoms with Gasteiger partial charge < -0.3 is 5.32 Å². The quantitative estimate of drug-likeness (QED) is 0.894. The van der Waals surface area contributed by atoms with Crippen molar-refractivity contribution in [2.45, 2.75) is 38.5 Å².